The molecule has 1 fully saturated rings. The number of nitrogens with one attached hydrogen (secondary N) is 1. The molecule has 2 aromatic carbocycles. The molecule has 0 aromatic heterocycles. The Balaban J connectivity index is 1.74. The molecule has 0 unspecified atom stereocenters. The van der Waals surface area contributed by atoms with Crippen molar-refractivity contribution in [3.05, 3.63) is 70.8 Å². The standard InChI is InChI=1S/C20H24F2N2/c1-14(2)16-5-3-4-6-17(16)20-13-24(10-9-23-20)12-15-7-8-18(21)19(22)11-15/h3-8,11,14,20,23H,9-10,12-13H2,1-2H3/t20-/m0/s1. The van der Waals surface area contributed by atoms with Crippen LogP contribution in [0, 0.1) is 11.6 Å². The molecule has 1 atom stereocenters. The van der Waals surface area contributed by atoms with Gasteiger partial charge in [-0.3, -0.25) is 4.90 Å². The van der Waals surface area contributed by atoms with E-state index in [-0.39, 0.29) is 6.04 Å². The van der Waals surface area contributed by atoms with Gasteiger partial charge in [-0.1, -0.05) is 44.2 Å². The van der Waals surface area contributed by atoms with E-state index in [2.05, 4.69) is 48.3 Å². The summed E-state index contributed by atoms with van der Waals surface area (Å²) in [6, 6.07) is 13.0. The van der Waals surface area contributed by atoms with Gasteiger partial charge in [0.1, 0.15) is 0 Å². The number of hydrogen-bond acceptors (Lipinski definition) is 2. The number of benzene rings is 2. The van der Waals surface area contributed by atoms with Gasteiger partial charge in [0, 0.05) is 32.2 Å². The third-order valence-corrected chi connectivity index (χ3v) is 4.64. The Morgan fingerprint density at radius 2 is 1.92 bits per heavy atom. The summed E-state index contributed by atoms with van der Waals surface area (Å²) in [6.45, 7) is 7.71. The van der Waals surface area contributed by atoms with E-state index in [0.29, 0.717) is 12.5 Å². The van der Waals surface area contributed by atoms with Crippen LogP contribution in [0.1, 0.15) is 42.5 Å². The monoisotopic (exact) mass is 330 g/mol. The minimum absolute atomic E-state index is 0.266. The molecule has 0 saturated carbocycles. The average Bonchev–Trinajstić information content (AvgIpc) is 2.58. The second-order valence-electron chi connectivity index (χ2n) is 6.77. The molecule has 1 aliphatic heterocycles. The summed E-state index contributed by atoms with van der Waals surface area (Å²) >= 11 is 0. The number of piperazine rings is 1. The summed E-state index contributed by atoms with van der Waals surface area (Å²) in [4.78, 5) is 2.30. The summed E-state index contributed by atoms with van der Waals surface area (Å²) in [5.41, 5.74) is 3.51. The van der Waals surface area contributed by atoms with Gasteiger partial charge < -0.3 is 5.32 Å². The minimum atomic E-state index is -0.789. The predicted molar refractivity (Wildman–Crippen MR) is 92.9 cm³/mol. The smallest absolute Gasteiger partial charge is 0.159 e. The first-order chi connectivity index (χ1) is 11.5. The Hall–Kier alpha value is -1.78. The largest absolute Gasteiger partial charge is 0.308 e. The van der Waals surface area contributed by atoms with Crippen molar-refractivity contribution in [3.63, 3.8) is 0 Å². The van der Waals surface area contributed by atoms with Gasteiger partial charge in [0.25, 0.3) is 0 Å². The number of nitrogens with zero attached hydrogens (tertiary/aromatic N) is 1. The van der Waals surface area contributed by atoms with Crippen LogP contribution in [0.15, 0.2) is 42.5 Å². The van der Waals surface area contributed by atoms with Crippen molar-refractivity contribution < 1.29 is 8.78 Å². The third kappa shape index (κ3) is 3.82. The van der Waals surface area contributed by atoms with Gasteiger partial charge in [0.05, 0.1) is 0 Å². The summed E-state index contributed by atoms with van der Waals surface area (Å²) in [6.07, 6.45) is 0. The maximum atomic E-state index is 13.4. The Kier molecular flexibility index (Phi) is 5.27. The number of rotatable bonds is 4. The maximum Gasteiger partial charge on any atom is 0.159 e. The molecule has 0 bridgehead atoms. The minimum Gasteiger partial charge on any atom is -0.308 e. The van der Waals surface area contributed by atoms with Gasteiger partial charge in [-0.25, -0.2) is 8.78 Å². The highest BCUT2D eigenvalue weighted by atomic mass is 19.2. The van der Waals surface area contributed by atoms with Gasteiger partial charge in [0.2, 0.25) is 0 Å². The SMILES string of the molecule is CC(C)c1ccccc1[C@@H]1CN(Cc2ccc(F)c(F)c2)CCN1. The second-order valence-corrected chi connectivity index (χ2v) is 6.77. The zero-order chi connectivity index (χ0) is 17.1. The topological polar surface area (TPSA) is 15.3 Å². The highest BCUT2D eigenvalue weighted by molar-refractivity contribution is 5.33. The van der Waals surface area contributed by atoms with Crippen LogP contribution in [0.25, 0.3) is 0 Å². The van der Waals surface area contributed by atoms with E-state index in [4.69, 9.17) is 0 Å². The summed E-state index contributed by atoms with van der Waals surface area (Å²) < 4.78 is 26.5. The normalized spacial score (nSPS) is 19.0. The lowest BCUT2D eigenvalue weighted by molar-refractivity contribution is 0.192. The van der Waals surface area contributed by atoms with Gasteiger partial charge in [0.15, 0.2) is 11.6 Å². The Morgan fingerprint density at radius 1 is 1.12 bits per heavy atom. The summed E-state index contributed by atoms with van der Waals surface area (Å²) in [7, 11) is 0. The molecule has 0 radical (unpaired) electrons. The van der Waals surface area contributed by atoms with Crippen LogP contribution in [0.2, 0.25) is 0 Å². The molecule has 1 aliphatic rings. The van der Waals surface area contributed by atoms with Crippen LogP contribution in [0.5, 0.6) is 0 Å². The van der Waals surface area contributed by atoms with Crippen LogP contribution in [-0.4, -0.2) is 24.5 Å². The fourth-order valence-electron chi connectivity index (χ4n) is 3.41. The van der Waals surface area contributed by atoms with Crippen LogP contribution < -0.4 is 5.32 Å². The predicted octanol–water partition coefficient (Wildman–Crippen LogP) is 4.23. The number of hydrogen-bond donors (Lipinski definition) is 1. The van der Waals surface area contributed by atoms with Crippen LogP contribution in [-0.2, 0) is 6.54 Å². The zero-order valence-corrected chi connectivity index (χ0v) is 14.2. The Labute approximate surface area is 142 Å². The van der Waals surface area contributed by atoms with E-state index >= 15 is 0 Å². The van der Waals surface area contributed by atoms with E-state index in [1.165, 1.54) is 23.3 Å². The molecule has 0 amide bonds. The molecule has 24 heavy (non-hydrogen) atoms. The highest BCUT2D eigenvalue weighted by Gasteiger charge is 2.23. The molecule has 1 heterocycles. The quantitative estimate of drug-likeness (QED) is 0.902. The van der Waals surface area contributed by atoms with Crippen LogP contribution in [0.4, 0.5) is 8.78 Å². The first-order valence-corrected chi connectivity index (χ1v) is 8.53. The van der Waals surface area contributed by atoms with Gasteiger partial charge in [-0.2, -0.15) is 0 Å². The Morgan fingerprint density at radius 3 is 2.67 bits per heavy atom. The van der Waals surface area contributed by atoms with Gasteiger partial charge in [-0.05, 0) is 34.7 Å². The van der Waals surface area contributed by atoms with E-state index in [0.717, 1.165) is 25.2 Å². The molecule has 2 aromatic rings. The summed E-state index contributed by atoms with van der Waals surface area (Å²) in [5, 5.41) is 3.59. The van der Waals surface area contributed by atoms with Crippen molar-refractivity contribution in [2.24, 2.45) is 0 Å². The van der Waals surface area contributed by atoms with Gasteiger partial charge >= 0.3 is 0 Å². The first kappa shape index (κ1) is 17.1. The first-order valence-electron chi connectivity index (χ1n) is 8.53. The fraction of sp³-hybridized carbons (Fsp3) is 0.400. The molecule has 3 rings (SSSR count). The van der Waals surface area contributed by atoms with Crippen molar-refractivity contribution in [3.8, 4) is 0 Å². The van der Waals surface area contributed by atoms with Crippen LogP contribution in [0.3, 0.4) is 0 Å². The molecule has 0 spiro atoms. The highest BCUT2D eigenvalue weighted by Crippen LogP contribution is 2.27. The molecule has 128 valence electrons. The number of halogens is 2. The lowest BCUT2D eigenvalue weighted by atomic mass is 9.92. The Bertz CT molecular complexity index is 700. The molecule has 0 aliphatic carbocycles. The van der Waals surface area contributed by atoms with Crippen molar-refractivity contribution >= 4 is 0 Å². The molecular formula is C20H24F2N2. The van der Waals surface area contributed by atoms with Crippen molar-refractivity contribution in [2.75, 3.05) is 19.6 Å². The molecule has 2 nitrogen and oxygen atoms in total. The van der Waals surface area contributed by atoms with Crippen molar-refractivity contribution in [1.82, 2.24) is 10.2 Å². The van der Waals surface area contributed by atoms with E-state index in [1.807, 2.05) is 0 Å². The summed E-state index contributed by atoms with van der Waals surface area (Å²) in [5.74, 6) is -1.09. The third-order valence-electron chi connectivity index (χ3n) is 4.64. The van der Waals surface area contributed by atoms with Crippen molar-refractivity contribution in [1.29, 1.82) is 0 Å². The second kappa shape index (κ2) is 7.41. The average molecular weight is 330 g/mol. The van der Waals surface area contributed by atoms with E-state index in [1.54, 1.807) is 6.07 Å². The van der Waals surface area contributed by atoms with E-state index in [9.17, 15) is 8.78 Å². The lowest BCUT2D eigenvalue weighted by Crippen LogP contribution is -2.45. The van der Waals surface area contributed by atoms with Gasteiger partial charge in [-0.15, -0.1) is 0 Å². The lowest BCUT2D eigenvalue weighted by Gasteiger charge is -2.35. The van der Waals surface area contributed by atoms with E-state index < -0.39 is 11.6 Å². The fourth-order valence-corrected chi connectivity index (χ4v) is 3.41. The molecule has 1 N–H and O–H groups in total. The zero-order valence-electron chi connectivity index (χ0n) is 14.2. The van der Waals surface area contributed by atoms with Crippen LogP contribution >= 0.6 is 0 Å². The molecular weight excluding hydrogens is 306 g/mol. The van der Waals surface area contributed by atoms with Crippen molar-refractivity contribution in [2.45, 2.75) is 32.4 Å². The maximum absolute atomic E-state index is 13.4. The molecule has 1 saturated heterocycles. The molecule has 4 heteroatoms.